The Bertz CT molecular complexity index is 786. The lowest BCUT2D eigenvalue weighted by Crippen LogP contribution is -1.91. The van der Waals surface area contributed by atoms with Gasteiger partial charge in [-0.3, -0.25) is 0 Å². The van der Waals surface area contributed by atoms with E-state index in [-0.39, 0.29) is 0 Å². The molecule has 5 nitrogen and oxygen atoms in total. The van der Waals surface area contributed by atoms with Crippen LogP contribution in [0.15, 0.2) is 47.0 Å². The highest BCUT2D eigenvalue weighted by molar-refractivity contribution is 14.1. The monoisotopic (exact) mass is 393 g/mol. The number of hydrogen-bond acceptors (Lipinski definition) is 5. The highest BCUT2D eigenvalue weighted by Gasteiger charge is 2.15. The van der Waals surface area contributed by atoms with Crippen LogP contribution in [0.5, 0.6) is 5.75 Å². The zero-order valence-corrected chi connectivity index (χ0v) is 13.4. The summed E-state index contributed by atoms with van der Waals surface area (Å²) < 4.78 is 11.7. The van der Waals surface area contributed by atoms with Crippen molar-refractivity contribution in [2.24, 2.45) is 0 Å². The number of anilines is 1. The topological polar surface area (TPSA) is 74.2 Å². The molecule has 0 aliphatic carbocycles. The van der Waals surface area contributed by atoms with Crippen molar-refractivity contribution in [2.45, 2.75) is 0 Å². The zero-order valence-electron chi connectivity index (χ0n) is 11.2. The average Bonchev–Trinajstić information content (AvgIpc) is 2.99. The molecular formula is C15H12IN3O2. The fraction of sp³-hybridized carbons (Fsp3) is 0.0667. The van der Waals surface area contributed by atoms with E-state index in [2.05, 4.69) is 32.7 Å². The number of halogens is 1. The number of methoxy groups -OCH3 is 1. The summed E-state index contributed by atoms with van der Waals surface area (Å²) in [5.41, 5.74) is 8.08. The molecular weight excluding hydrogens is 381 g/mol. The van der Waals surface area contributed by atoms with Crippen molar-refractivity contribution in [1.29, 1.82) is 0 Å². The van der Waals surface area contributed by atoms with Crippen LogP contribution in [-0.2, 0) is 0 Å². The van der Waals surface area contributed by atoms with Crippen molar-refractivity contribution in [2.75, 3.05) is 12.8 Å². The van der Waals surface area contributed by atoms with Crippen LogP contribution in [-0.4, -0.2) is 17.3 Å². The van der Waals surface area contributed by atoms with Gasteiger partial charge in [-0.25, -0.2) is 0 Å². The lowest BCUT2D eigenvalue weighted by atomic mass is 10.1. The van der Waals surface area contributed by atoms with Gasteiger partial charge in [-0.1, -0.05) is 17.3 Å². The molecule has 0 fully saturated rings. The van der Waals surface area contributed by atoms with E-state index in [0.29, 0.717) is 23.2 Å². The summed E-state index contributed by atoms with van der Waals surface area (Å²) >= 11 is 2.21. The molecule has 1 heterocycles. The highest BCUT2D eigenvalue weighted by Crippen LogP contribution is 2.31. The fourth-order valence-electron chi connectivity index (χ4n) is 1.99. The van der Waals surface area contributed by atoms with Gasteiger partial charge in [0.2, 0.25) is 5.82 Å². The fourth-order valence-corrected chi connectivity index (χ4v) is 2.48. The molecule has 0 spiro atoms. The molecule has 0 atom stereocenters. The van der Waals surface area contributed by atoms with Crippen LogP contribution < -0.4 is 10.5 Å². The lowest BCUT2D eigenvalue weighted by molar-refractivity contribution is 0.413. The van der Waals surface area contributed by atoms with Crippen LogP contribution in [0.2, 0.25) is 0 Å². The maximum atomic E-state index is 5.97. The molecule has 2 aromatic carbocycles. The molecule has 3 aromatic rings. The van der Waals surface area contributed by atoms with E-state index in [1.807, 2.05) is 42.5 Å². The molecule has 0 unspecified atom stereocenters. The Morgan fingerprint density at radius 1 is 1.14 bits per heavy atom. The Morgan fingerprint density at radius 2 is 1.95 bits per heavy atom. The van der Waals surface area contributed by atoms with Gasteiger partial charge < -0.3 is 15.0 Å². The minimum Gasteiger partial charge on any atom is -0.496 e. The molecule has 6 heteroatoms. The van der Waals surface area contributed by atoms with Gasteiger partial charge in [-0.2, -0.15) is 4.98 Å². The second kappa shape index (κ2) is 5.72. The molecule has 1 aromatic heterocycles. The van der Waals surface area contributed by atoms with Gasteiger partial charge in [-0.15, -0.1) is 0 Å². The molecule has 0 saturated carbocycles. The number of nitrogens with zero attached hydrogens (tertiary/aromatic N) is 2. The minimum atomic E-state index is 0.395. The van der Waals surface area contributed by atoms with Gasteiger partial charge >= 0.3 is 0 Å². The molecule has 0 saturated heterocycles. The first-order chi connectivity index (χ1) is 10.2. The van der Waals surface area contributed by atoms with Crippen molar-refractivity contribution >= 4 is 28.3 Å². The van der Waals surface area contributed by atoms with Crippen molar-refractivity contribution in [3.63, 3.8) is 0 Å². The van der Waals surface area contributed by atoms with E-state index in [1.54, 1.807) is 7.11 Å². The summed E-state index contributed by atoms with van der Waals surface area (Å²) in [7, 11) is 1.61. The summed E-state index contributed by atoms with van der Waals surface area (Å²) in [5.74, 6) is 1.56. The average molecular weight is 393 g/mol. The molecule has 0 radical (unpaired) electrons. The number of nitrogen functional groups attached to an aromatic ring is 1. The van der Waals surface area contributed by atoms with Crippen LogP contribution in [0.25, 0.3) is 22.8 Å². The maximum absolute atomic E-state index is 5.97. The summed E-state index contributed by atoms with van der Waals surface area (Å²) in [5, 5.41) is 4.02. The van der Waals surface area contributed by atoms with Gasteiger partial charge in [0.05, 0.1) is 18.2 Å². The number of nitrogens with two attached hydrogens (primary N) is 1. The summed E-state index contributed by atoms with van der Waals surface area (Å²) in [6.07, 6.45) is 0. The molecule has 106 valence electrons. The summed E-state index contributed by atoms with van der Waals surface area (Å²) in [6, 6.07) is 13.2. The Kier molecular flexibility index (Phi) is 3.78. The Labute approximate surface area is 135 Å². The van der Waals surface area contributed by atoms with E-state index >= 15 is 0 Å². The molecule has 0 amide bonds. The van der Waals surface area contributed by atoms with Gasteiger partial charge in [-0.05, 0) is 52.9 Å². The Morgan fingerprint density at radius 3 is 2.76 bits per heavy atom. The number of aromatic nitrogens is 2. The number of benzene rings is 2. The smallest absolute Gasteiger partial charge is 0.260 e. The number of rotatable bonds is 3. The number of hydrogen-bond donors (Lipinski definition) is 1. The van der Waals surface area contributed by atoms with E-state index in [0.717, 1.165) is 14.7 Å². The molecule has 0 aliphatic rings. The number of para-hydroxylation sites is 1. The van der Waals surface area contributed by atoms with Gasteiger partial charge in [0.15, 0.2) is 0 Å². The van der Waals surface area contributed by atoms with Gasteiger partial charge in [0, 0.05) is 9.26 Å². The Balaban J connectivity index is 2.06. The minimum absolute atomic E-state index is 0.395. The number of ether oxygens (including phenoxy) is 1. The van der Waals surface area contributed by atoms with Crippen molar-refractivity contribution < 1.29 is 9.26 Å². The van der Waals surface area contributed by atoms with Crippen molar-refractivity contribution in [3.05, 3.63) is 46.0 Å². The van der Waals surface area contributed by atoms with Crippen molar-refractivity contribution in [3.8, 4) is 28.6 Å². The molecule has 0 aliphatic heterocycles. The third-order valence-corrected chi connectivity index (χ3v) is 3.69. The van der Waals surface area contributed by atoms with Crippen molar-refractivity contribution in [1.82, 2.24) is 10.1 Å². The summed E-state index contributed by atoms with van der Waals surface area (Å²) in [6.45, 7) is 0. The first-order valence-electron chi connectivity index (χ1n) is 6.21. The first kappa shape index (κ1) is 13.9. The predicted octanol–water partition coefficient (Wildman–Crippen LogP) is 3.60. The van der Waals surface area contributed by atoms with Crippen LogP contribution in [0.3, 0.4) is 0 Å². The van der Waals surface area contributed by atoms with E-state index in [1.165, 1.54) is 0 Å². The van der Waals surface area contributed by atoms with Gasteiger partial charge in [0.25, 0.3) is 5.89 Å². The van der Waals surface area contributed by atoms with Crippen LogP contribution >= 0.6 is 22.6 Å². The van der Waals surface area contributed by atoms with E-state index in [4.69, 9.17) is 15.0 Å². The quantitative estimate of drug-likeness (QED) is 0.544. The van der Waals surface area contributed by atoms with E-state index in [9.17, 15) is 0 Å². The van der Waals surface area contributed by atoms with Crippen LogP contribution in [0, 0.1) is 3.57 Å². The lowest BCUT2D eigenvalue weighted by Gasteiger charge is -2.03. The van der Waals surface area contributed by atoms with Crippen LogP contribution in [0.1, 0.15) is 0 Å². The predicted molar refractivity (Wildman–Crippen MR) is 88.9 cm³/mol. The third-order valence-electron chi connectivity index (χ3n) is 3.02. The van der Waals surface area contributed by atoms with Crippen LogP contribution in [0.4, 0.5) is 5.69 Å². The first-order valence-corrected chi connectivity index (χ1v) is 7.29. The zero-order chi connectivity index (χ0) is 14.8. The van der Waals surface area contributed by atoms with Gasteiger partial charge in [0.1, 0.15) is 5.75 Å². The third kappa shape index (κ3) is 2.71. The summed E-state index contributed by atoms with van der Waals surface area (Å²) in [4.78, 5) is 4.42. The highest BCUT2D eigenvalue weighted by atomic mass is 127. The SMILES string of the molecule is COc1ccccc1-c1noc(-c2cc(I)ccc2N)n1. The second-order valence-corrected chi connectivity index (χ2v) is 5.60. The standard InChI is InChI=1S/C15H12IN3O2/c1-20-13-5-3-2-4-10(13)14-18-15(21-19-14)11-8-9(16)6-7-12(11)17/h2-8H,17H2,1H3. The molecule has 21 heavy (non-hydrogen) atoms. The Hall–Kier alpha value is -2.09. The normalized spacial score (nSPS) is 10.6. The maximum Gasteiger partial charge on any atom is 0.260 e. The molecule has 2 N–H and O–H groups in total. The molecule has 3 rings (SSSR count). The van der Waals surface area contributed by atoms with E-state index < -0.39 is 0 Å². The largest absolute Gasteiger partial charge is 0.496 e. The molecule has 0 bridgehead atoms. The second-order valence-electron chi connectivity index (χ2n) is 4.35.